The molecule has 3 rings (SSSR count). The fourth-order valence-corrected chi connectivity index (χ4v) is 2.75. The fraction of sp³-hybridized carbons (Fsp3) is 0.238. The Balaban J connectivity index is 1.79. The van der Waals surface area contributed by atoms with Crippen molar-refractivity contribution in [2.24, 2.45) is 0 Å². The van der Waals surface area contributed by atoms with Gasteiger partial charge in [0.15, 0.2) is 0 Å². The molecule has 0 fully saturated rings. The van der Waals surface area contributed by atoms with Crippen LogP contribution in [-0.4, -0.2) is 16.1 Å². The van der Waals surface area contributed by atoms with E-state index in [1.165, 1.54) is 0 Å². The highest BCUT2D eigenvalue weighted by atomic mass is 16.5. The summed E-state index contributed by atoms with van der Waals surface area (Å²) < 4.78 is 5.85. The smallest absolute Gasteiger partial charge is 0.313 e. The maximum Gasteiger partial charge on any atom is 0.313 e. The van der Waals surface area contributed by atoms with Crippen LogP contribution in [0.15, 0.2) is 60.7 Å². The second kappa shape index (κ2) is 6.93. The van der Waals surface area contributed by atoms with E-state index in [1.807, 2.05) is 61.5 Å². The predicted octanol–water partition coefficient (Wildman–Crippen LogP) is 4.57. The zero-order valence-electron chi connectivity index (χ0n) is 14.4. The first-order valence-electron chi connectivity index (χ1n) is 8.34. The van der Waals surface area contributed by atoms with E-state index in [9.17, 15) is 9.90 Å². The van der Waals surface area contributed by atoms with Crippen molar-refractivity contribution in [2.75, 3.05) is 0 Å². The normalized spacial score (nSPS) is 13.4. The molecule has 3 aromatic rings. The van der Waals surface area contributed by atoms with E-state index < -0.39 is 11.4 Å². The van der Waals surface area contributed by atoms with Crippen molar-refractivity contribution in [3.05, 3.63) is 71.9 Å². The van der Waals surface area contributed by atoms with Gasteiger partial charge < -0.3 is 9.84 Å². The van der Waals surface area contributed by atoms with Crippen LogP contribution in [0.4, 0.5) is 0 Å². The average molecular weight is 335 g/mol. The van der Waals surface area contributed by atoms with Gasteiger partial charge in [-0.25, -0.2) is 4.98 Å². The minimum absolute atomic E-state index is 0.337. The Hall–Kier alpha value is -2.88. The van der Waals surface area contributed by atoms with Crippen LogP contribution in [0.2, 0.25) is 0 Å². The Morgan fingerprint density at radius 1 is 1.12 bits per heavy atom. The van der Waals surface area contributed by atoms with Crippen molar-refractivity contribution < 1.29 is 14.6 Å². The molecule has 4 nitrogen and oxygen atoms in total. The number of benzene rings is 2. The SMILES string of the molecule is CCC(C)(C(=O)O)c1cccc(OCc2ccc3ccccc3n2)c1. The van der Waals surface area contributed by atoms with Crippen LogP contribution in [0.5, 0.6) is 5.75 Å². The number of carbonyl (C=O) groups is 1. The molecule has 0 bridgehead atoms. The molecule has 2 aromatic carbocycles. The topological polar surface area (TPSA) is 59.4 Å². The summed E-state index contributed by atoms with van der Waals surface area (Å²) in [5, 5.41) is 10.6. The summed E-state index contributed by atoms with van der Waals surface area (Å²) in [4.78, 5) is 16.2. The van der Waals surface area contributed by atoms with Crippen LogP contribution in [0.25, 0.3) is 10.9 Å². The van der Waals surface area contributed by atoms with Crippen molar-refractivity contribution in [2.45, 2.75) is 32.3 Å². The van der Waals surface area contributed by atoms with Gasteiger partial charge in [-0.1, -0.05) is 43.3 Å². The Labute approximate surface area is 147 Å². The van der Waals surface area contributed by atoms with E-state index in [-0.39, 0.29) is 0 Å². The Bertz CT molecular complexity index is 906. The molecule has 1 N–H and O–H groups in total. The van der Waals surface area contributed by atoms with Gasteiger partial charge in [-0.05, 0) is 43.2 Å². The molecule has 0 aliphatic heterocycles. The predicted molar refractivity (Wildman–Crippen MR) is 97.8 cm³/mol. The lowest BCUT2D eigenvalue weighted by molar-refractivity contribution is -0.143. The summed E-state index contributed by atoms with van der Waals surface area (Å²) in [6, 6.07) is 19.2. The molecule has 0 saturated carbocycles. The van der Waals surface area contributed by atoms with Crippen LogP contribution >= 0.6 is 0 Å². The highest BCUT2D eigenvalue weighted by Gasteiger charge is 2.33. The lowest BCUT2D eigenvalue weighted by Crippen LogP contribution is -2.31. The minimum atomic E-state index is -0.916. The maximum atomic E-state index is 11.6. The van der Waals surface area contributed by atoms with Crippen molar-refractivity contribution in [1.29, 1.82) is 0 Å². The van der Waals surface area contributed by atoms with E-state index in [0.29, 0.717) is 18.8 Å². The average Bonchev–Trinajstić information content (AvgIpc) is 2.65. The molecular formula is C21H21NO3. The van der Waals surface area contributed by atoms with E-state index in [0.717, 1.165) is 22.2 Å². The van der Waals surface area contributed by atoms with Gasteiger partial charge in [0.25, 0.3) is 0 Å². The van der Waals surface area contributed by atoms with Gasteiger partial charge in [-0.15, -0.1) is 0 Å². The molecule has 0 radical (unpaired) electrons. The van der Waals surface area contributed by atoms with Crippen LogP contribution in [0, 0.1) is 0 Å². The number of para-hydroxylation sites is 1. The third-order valence-corrected chi connectivity index (χ3v) is 4.69. The molecule has 0 spiro atoms. The Morgan fingerprint density at radius 3 is 2.68 bits per heavy atom. The lowest BCUT2D eigenvalue weighted by Gasteiger charge is -2.24. The molecule has 1 aromatic heterocycles. The second-order valence-electron chi connectivity index (χ2n) is 6.30. The molecule has 1 atom stereocenters. The summed E-state index contributed by atoms with van der Waals surface area (Å²) in [7, 11) is 0. The molecule has 1 heterocycles. The summed E-state index contributed by atoms with van der Waals surface area (Å²) in [5.74, 6) is -0.184. The van der Waals surface area contributed by atoms with Crippen molar-refractivity contribution in [3.8, 4) is 5.75 Å². The van der Waals surface area contributed by atoms with Crippen molar-refractivity contribution in [3.63, 3.8) is 0 Å². The van der Waals surface area contributed by atoms with Gasteiger partial charge in [0.05, 0.1) is 16.6 Å². The number of rotatable bonds is 6. The van der Waals surface area contributed by atoms with Gasteiger partial charge in [-0.3, -0.25) is 4.79 Å². The maximum absolute atomic E-state index is 11.6. The first kappa shape index (κ1) is 17.0. The first-order chi connectivity index (χ1) is 12.0. The van der Waals surface area contributed by atoms with Crippen molar-refractivity contribution >= 4 is 16.9 Å². The van der Waals surface area contributed by atoms with Gasteiger partial charge in [0.2, 0.25) is 0 Å². The molecule has 0 aliphatic rings. The van der Waals surface area contributed by atoms with Crippen LogP contribution in [-0.2, 0) is 16.8 Å². The van der Waals surface area contributed by atoms with Crippen LogP contribution in [0.3, 0.4) is 0 Å². The number of hydrogen-bond acceptors (Lipinski definition) is 3. The molecule has 4 heteroatoms. The quantitative estimate of drug-likeness (QED) is 0.717. The number of ether oxygens (including phenoxy) is 1. The number of nitrogens with zero attached hydrogens (tertiary/aromatic N) is 1. The minimum Gasteiger partial charge on any atom is -0.487 e. The number of hydrogen-bond donors (Lipinski definition) is 1. The van der Waals surface area contributed by atoms with Crippen LogP contribution in [0.1, 0.15) is 31.5 Å². The summed E-state index contributed by atoms with van der Waals surface area (Å²) >= 11 is 0. The lowest BCUT2D eigenvalue weighted by atomic mass is 9.80. The van der Waals surface area contributed by atoms with Crippen LogP contribution < -0.4 is 4.74 Å². The molecular weight excluding hydrogens is 314 g/mol. The zero-order valence-corrected chi connectivity index (χ0v) is 14.4. The molecule has 25 heavy (non-hydrogen) atoms. The van der Waals surface area contributed by atoms with Gasteiger partial charge in [0, 0.05) is 5.39 Å². The van der Waals surface area contributed by atoms with Gasteiger partial charge in [0.1, 0.15) is 12.4 Å². The molecule has 1 unspecified atom stereocenters. The molecule has 0 amide bonds. The largest absolute Gasteiger partial charge is 0.487 e. The monoisotopic (exact) mass is 335 g/mol. The van der Waals surface area contributed by atoms with Crippen molar-refractivity contribution in [1.82, 2.24) is 4.98 Å². The number of carboxylic acids is 1. The first-order valence-corrected chi connectivity index (χ1v) is 8.34. The fourth-order valence-electron chi connectivity index (χ4n) is 2.75. The molecule has 0 saturated heterocycles. The number of aromatic nitrogens is 1. The van der Waals surface area contributed by atoms with Gasteiger partial charge in [-0.2, -0.15) is 0 Å². The highest BCUT2D eigenvalue weighted by Crippen LogP contribution is 2.30. The number of aliphatic carboxylic acids is 1. The molecule has 0 aliphatic carbocycles. The number of fused-ring (bicyclic) bond motifs is 1. The standard InChI is InChI=1S/C21H21NO3/c1-3-21(2,20(23)24)16-8-6-9-18(13-16)25-14-17-12-11-15-7-4-5-10-19(15)22-17/h4-13H,3,14H2,1-2H3,(H,23,24). The highest BCUT2D eigenvalue weighted by molar-refractivity contribution is 5.81. The second-order valence-corrected chi connectivity index (χ2v) is 6.30. The summed E-state index contributed by atoms with van der Waals surface area (Å²) in [6.45, 7) is 3.95. The Kier molecular flexibility index (Phi) is 4.70. The van der Waals surface area contributed by atoms with E-state index >= 15 is 0 Å². The van der Waals surface area contributed by atoms with Gasteiger partial charge >= 0.3 is 5.97 Å². The summed E-state index contributed by atoms with van der Waals surface area (Å²) in [5.41, 5.74) is 1.59. The van der Waals surface area contributed by atoms with E-state index in [1.54, 1.807) is 13.0 Å². The van der Waals surface area contributed by atoms with E-state index in [2.05, 4.69) is 4.98 Å². The number of carboxylic acid groups (broad SMARTS) is 1. The molecule has 128 valence electrons. The third kappa shape index (κ3) is 3.48. The number of pyridine rings is 1. The third-order valence-electron chi connectivity index (χ3n) is 4.69. The van der Waals surface area contributed by atoms with E-state index in [4.69, 9.17) is 4.74 Å². The summed E-state index contributed by atoms with van der Waals surface area (Å²) in [6.07, 6.45) is 0.512. The zero-order chi connectivity index (χ0) is 17.9. The Morgan fingerprint density at radius 2 is 1.92 bits per heavy atom.